The van der Waals surface area contributed by atoms with Crippen LogP contribution in [0.25, 0.3) is 0 Å². The van der Waals surface area contributed by atoms with Crippen LogP contribution in [0.15, 0.2) is 18.2 Å². The molecule has 0 unspecified atom stereocenters. The van der Waals surface area contributed by atoms with E-state index in [1.54, 1.807) is 6.07 Å². The summed E-state index contributed by atoms with van der Waals surface area (Å²) in [5, 5.41) is 9.02. The molecule has 146 valence electrons. The second-order valence-electron chi connectivity index (χ2n) is 8.28. The summed E-state index contributed by atoms with van der Waals surface area (Å²) in [6.07, 6.45) is -5.03. The second kappa shape index (κ2) is 4.70. The molecule has 5 fully saturated rings. The molecule has 6 nitrogen and oxygen atoms in total. The minimum Gasteiger partial charge on any atom is -0.363 e. The highest BCUT2D eigenvalue weighted by Crippen LogP contribution is 2.71. The number of halogens is 3. The molecule has 7 atom stereocenters. The van der Waals surface area contributed by atoms with Gasteiger partial charge < -0.3 is 14.2 Å². The first-order valence-corrected chi connectivity index (χ1v) is 9.14. The summed E-state index contributed by atoms with van der Waals surface area (Å²) < 4.78 is 58.3. The number of ether oxygens (including phenoxy) is 3. The summed E-state index contributed by atoms with van der Waals surface area (Å²) in [5.74, 6) is -1.12. The molecule has 5 aliphatic rings. The van der Waals surface area contributed by atoms with Crippen LogP contribution in [-0.2, 0) is 25.2 Å². The van der Waals surface area contributed by atoms with Gasteiger partial charge in [-0.05, 0) is 25.1 Å². The Morgan fingerprint density at radius 2 is 2.11 bits per heavy atom. The molecule has 1 aromatic rings. The number of benzene rings is 1. The van der Waals surface area contributed by atoms with E-state index in [0.29, 0.717) is 13.0 Å². The lowest BCUT2D eigenvalue weighted by Gasteiger charge is -2.41. The highest BCUT2D eigenvalue weighted by Gasteiger charge is 2.87. The van der Waals surface area contributed by atoms with Crippen LogP contribution in [0, 0.1) is 23.2 Å². The van der Waals surface area contributed by atoms with Crippen molar-refractivity contribution in [3.05, 3.63) is 29.3 Å². The van der Waals surface area contributed by atoms with E-state index in [2.05, 4.69) is 0 Å². The summed E-state index contributed by atoms with van der Waals surface area (Å²) in [6, 6.07) is 4.91. The molecule has 5 heterocycles. The molecule has 0 radical (unpaired) electrons. The predicted octanol–water partition coefficient (Wildman–Crippen LogP) is 2.21. The van der Waals surface area contributed by atoms with Crippen LogP contribution in [0.2, 0.25) is 0 Å². The standard InChI is InChI=1S/C19H15F3N2O4/c1-17-11-12-16(26-5-4-18(12,28-17)14-13(17)27-14)24(15(11)25)9-3-2-8(7-23)10(6-9)19(20,21)22/h2-3,6,11-14,16H,4-5H2,1H3/t11-,12+,13-,14+,16+,17+,18-/m0/s1. The van der Waals surface area contributed by atoms with E-state index in [1.165, 1.54) is 11.0 Å². The Kier molecular flexibility index (Phi) is 2.81. The molecule has 5 aliphatic heterocycles. The third-order valence-corrected chi connectivity index (χ3v) is 7.04. The van der Waals surface area contributed by atoms with E-state index in [0.717, 1.165) is 12.1 Å². The zero-order valence-corrected chi connectivity index (χ0v) is 14.7. The Hall–Kier alpha value is -2.15. The Bertz CT molecular complexity index is 975. The molecule has 0 N–H and O–H groups in total. The number of anilines is 1. The minimum atomic E-state index is -4.70. The van der Waals surface area contributed by atoms with Crippen LogP contribution in [0.5, 0.6) is 0 Å². The van der Waals surface area contributed by atoms with Crippen LogP contribution in [0.3, 0.4) is 0 Å². The van der Waals surface area contributed by atoms with E-state index in [1.807, 2.05) is 6.92 Å². The number of alkyl halides is 3. The van der Waals surface area contributed by atoms with E-state index in [-0.39, 0.29) is 29.7 Å². The maximum Gasteiger partial charge on any atom is 0.417 e. The van der Waals surface area contributed by atoms with Gasteiger partial charge in [0.1, 0.15) is 29.6 Å². The van der Waals surface area contributed by atoms with Crippen molar-refractivity contribution in [3.8, 4) is 6.07 Å². The van der Waals surface area contributed by atoms with Gasteiger partial charge in [0, 0.05) is 12.1 Å². The predicted molar refractivity (Wildman–Crippen MR) is 85.9 cm³/mol. The lowest BCUT2D eigenvalue weighted by Crippen LogP contribution is -2.54. The second-order valence-corrected chi connectivity index (χ2v) is 8.28. The van der Waals surface area contributed by atoms with E-state index in [4.69, 9.17) is 19.5 Å². The molecule has 0 aliphatic carbocycles. The lowest BCUT2D eigenvalue weighted by atomic mass is 9.66. The zero-order valence-electron chi connectivity index (χ0n) is 14.7. The van der Waals surface area contributed by atoms with Crippen LogP contribution >= 0.6 is 0 Å². The summed E-state index contributed by atoms with van der Waals surface area (Å²) in [5.41, 5.74) is -2.84. The van der Waals surface area contributed by atoms with Gasteiger partial charge in [0.05, 0.1) is 35.6 Å². The largest absolute Gasteiger partial charge is 0.417 e. The molecule has 1 aromatic carbocycles. The van der Waals surface area contributed by atoms with Crippen LogP contribution in [0.1, 0.15) is 24.5 Å². The zero-order chi connectivity index (χ0) is 19.6. The average Bonchev–Trinajstić information content (AvgIpc) is 3.29. The van der Waals surface area contributed by atoms with E-state index >= 15 is 0 Å². The van der Waals surface area contributed by atoms with Gasteiger partial charge in [0.25, 0.3) is 0 Å². The number of epoxide rings is 1. The Morgan fingerprint density at radius 3 is 2.82 bits per heavy atom. The van der Waals surface area contributed by atoms with Crippen LogP contribution < -0.4 is 4.90 Å². The molecule has 0 saturated carbocycles. The Morgan fingerprint density at radius 1 is 1.32 bits per heavy atom. The van der Waals surface area contributed by atoms with Crippen molar-refractivity contribution in [3.63, 3.8) is 0 Å². The number of carbonyl (C=O) groups excluding carboxylic acids is 1. The Balaban J connectivity index is 1.47. The molecular formula is C19H15F3N2O4. The third kappa shape index (κ3) is 1.69. The van der Waals surface area contributed by atoms with Gasteiger partial charge in [-0.3, -0.25) is 9.69 Å². The number of nitriles is 1. The molecule has 1 amide bonds. The molecular weight excluding hydrogens is 377 g/mol. The normalized spacial score (nSPS) is 45.0. The molecule has 9 heteroatoms. The van der Waals surface area contributed by atoms with Crippen molar-refractivity contribution in [1.29, 1.82) is 5.26 Å². The highest BCUT2D eigenvalue weighted by atomic mass is 19.4. The van der Waals surface area contributed by atoms with Gasteiger partial charge in [-0.1, -0.05) is 0 Å². The minimum absolute atomic E-state index is 0.0791. The molecule has 5 saturated heterocycles. The quantitative estimate of drug-likeness (QED) is 0.685. The number of nitrogens with zero attached hydrogens (tertiary/aromatic N) is 2. The third-order valence-electron chi connectivity index (χ3n) is 7.04. The number of hydrogen-bond acceptors (Lipinski definition) is 5. The number of fused-ring (bicyclic) bond motifs is 4. The molecule has 0 aromatic heterocycles. The first kappa shape index (κ1) is 16.8. The number of rotatable bonds is 1. The molecule has 6 rings (SSSR count). The maximum absolute atomic E-state index is 13.4. The van der Waals surface area contributed by atoms with Gasteiger partial charge in [0.15, 0.2) is 0 Å². The summed E-state index contributed by atoms with van der Waals surface area (Å²) in [4.78, 5) is 14.7. The summed E-state index contributed by atoms with van der Waals surface area (Å²) >= 11 is 0. The average molecular weight is 392 g/mol. The smallest absolute Gasteiger partial charge is 0.363 e. The number of amides is 1. The van der Waals surface area contributed by atoms with Crippen LogP contribution in [-0.4, -0.2) is 42.2 Å². The fraction of sp³-hybridized carbons (Fsp3) is 0.579. The first-order valence-electron chi connectivity index (χ1n) is 9.14. The highest BCUT2D eigenvalue weighted by molar-refractivity contribution is 6.00. The fourth-order valence-electron chi connectivity index (χ4n) is 5.99. The Labute approximate surface area is 157 Å². The topological polar surface area (TPSA) is 75.1 Å². The van der Waals surface area contributed by atoms with E-state index in [9.17, 15) is 18.0 Å². The van der Waals surface area contributed by atoms with Gasteiger partial charge in [-0.25, -0.2) is 0 Å². The van der Waals surface area contributed by atoms with Crippen molar-refractivity contribution in [1.82, 2.24) is 0 Å². The van der Waals surface area contributed by atoms with Crippen molar-refractivity contribution in [2.24, 2.45) is 11.8 Å². The van der Waals surface area contributed by atoms with Crippen molar-refractivity contribution in [2.75, 3.05) is 11.5 Å². The fourth-order valence-corrected chi connectivity index (χ4v) is 5.99. The molecule has 28 heavy (non-hydrogen) atoms. The van der Waals surface area contributed by atoms with Gasteiger partial charge in [0.2, 0.25) is 5.91 Å². The van der Waals surface area contributed by atoms with Crippen LogP contribution in [0.4, 0.5) is 18.9 Å². The van der Waals surface area contributed by atoms with Crippen molar-refractivity contribution in [2.45, 2.75) is 49.2 Å². The number of hydrogen-bond donors (Lipinski definition) is 0. The lowest BCUT2D eigenvalue weighted by molar-refractivity contribution is -0.170. The molecule has 2 bridgehead atoms. The maximum atomic E-state index is 13.4. The SMILES string of the molecule is C[C@@]12O[C@]3(CCO[C@@H]4[C@H]3[C@H]1C(=O)N4c1ccc(C#N)c(C(F)(F)F)c1)[C@@H]1O[C@@H]12. The van der Waals surface area contributed by atoms with Gasteiger partial charge in [-0.2, -0.15) is 18.4 Å². The van der Waals surface area contributed by atoms with Gasteiger partial charge in [-0.15, -0.1) is 0 Å². The monoisotopic (exact) mass is 392 g/mol. The van der Waals surface area contributed by atoms with Crippen molar-refractivity contribution >= 4 is 11.6 Å². The van der Waals surface area contributed by atoms with E-state index < -0.39 is 40.7 Å². The number of carbonyl (C=O) groups is 1. The summed E-state index contributed by atoms with van der Waals surface area (Å²) in [6.45, 7) is 2.19. The first-order chi connectivity index (χ1) is 13.2. The molecule has 1 spiro atoms. The van der Waals surface area contributed by atoms with Gasteiger partial charge >= 0.3 is 6.18 Å². The van der Waals surface area contributed by atoms with Crippen molar-refractivity contribution < 1.29 is 32.2 Å². The summed E-state index contributed by atoms with van der Waals surface area (Å²) in [7, 11) is 0.